The summed E-state index contributed by atoms with van der Waals surface area (Å²) in [6, 6.07) is 0. The van der Waals surface area contributed by atoms with Crippen LogP contribution in [-0.2, 0) is 14.3 Å². The van der Waals surface area contributed by atoms with Crippen LogP contribution in [0.15, 0.2) is 46.6 Å². The smallest absolute Gasteiger partial charge is 0.407 e. The van der Waals surface area contributed by atoms with E-state index in [-0.39, 0.29) is 13.2 Å². The Morgan fingerprint density at radius 1 is 0.706 bits per heavy atom. The molecule has 0 fully saturated rings. The van der Waals surface area contributed by atoms with Gasteiger partial charge in [0.2, 0.25) is 0 Å². The molecule has 0 aromatic heterocycles. The average Bonchev–Trinajstić information content (AvgIpc) is 2.77. The maximum atomic E-state index is 11.7. The molecule has 34 heavy (non-hydrogen) atoms. The third-order valence-electron chi connectivity index (χ3n) is 5.44. The summed E-state index contributed by atoms with van der Waals surface area (Å²) in [5.74, 6) is -0.434. The van der Waals surface area contributed by atoms with Crippen molar-refractivity contribution in [2.24, 2.45) is 0 Å². The number of rotatable bonds is 18. The standard InChI is InChI=1S/C29H49NO4/c1-7-8-9-10-21-33-28(31)23-30-29(32)34-22-20-27(6)19-13-18-26(5)17-12-16-25(4)15-11-14-24(2)3/h14,16,18,20H,7-13,15,17,19,21-23H2,1-6H3,(H,30,32)/b25-16+,26-18+,27-20+. The summed E-state index contributed by atoms with van der Waals surface area (Å²) in [7, 11) is 0. The second-order valence-corrected chi connectivity index (χ2v) is 9.28. The summed E-state index contributed by atoms with van der Waals surface area (Å²) < 4.78 is 10.2. The largest absolute Gasteiger partial charge is 0.464 e. The van der Waals surface area contributed by atoms with Gasteiger partial charge in [0, 0.05) is 0 Å². The number of hydrogen-bond acceptors (Lipinski definition) is 4. The summed E-state index contributed by atoms with van der Waals surface area (Å²) in [4.78, 5) is 23.3. The fourth-order valence-electron chi connectivity index (χ4n) is 3.21. The number of unbranched alkanes of at least 4 members (excludes halogenated alkanes) is 3. The third-order valence-corrected chi connectivity index (χ3v) is 5.44. The highest BCUT2D eigenvalue weighted by Crippen LogP contribution is 2.13. The zero-order chi connectivity index (χ0) is 25.6. The van der Waals surface area contributed by atoms with Crippen LogP contribution in [0.25, 0.3) is 0 Å². The van der Waals surface area contributed by atoms with Crippen LogP contribution in [0.3, 0.4) is 0 Å². The molecule has 0 aliphatic heterocycles. The first-order chi connectivity index (χ1) is 16.2. The van der Waals surface area contributed by atoms with Crippen LogP contribution in [0.1, 0.15) is 106 Å². The molecule has 0 aromatic carbocycles. The van der Waals surface area contributed by atoms with Crippen molar-refractivity contribution in [1.29, 1.82) is 0 Å². The SMILES string of the molecule is CCCCCCOC(=O)CNC(=O)OC/C=C(\C)CC/C=C(\C)CC/C=C(\C)CCC=C(C)C. The Morgan fingerprint density at radius 3 is 1.82 bits per heavy atom. The Morgan fingerprint density at radius 2 is 1.26 bits per heavy atom. The van der Waals surface area contributed by atoms with E-state index in [0.717, 1.165) is 64.2 Å². The lowest BCUT2D eigenvalue weighted by Gasteiger charge is -2.07. The van der Waals surface area contributed by atoms with Crippen LogP contribution in [0.2, 0.25) is 0 Å². The molecule has 1 N–H and O–H groups in total. The number of carbonyl (C=O) groups is 2. The first-order valence-corrected chi connectivity index (χ1v) is 12.9. The number of amides is 1. The molecular weight excluding hydrogens is 426 g/mol. The van der Waals surface area contributed by atoms with Crippen LogP contribution in [0.5, 0.6) is 0 Å². The van der Waals surface area contributed by atoms with Gasteiger partial charge in [-0.3, -0.25) is 4.79 Å². The second kappa shape index (κ2) is 21.2. The summed E-state index contributed by atoms with van der Waals surface area (Å²) in [5, 5.41) is 2.43. The minimum atomic E-state index is -0.605. The van der Waals surface area contributed by atoms with E-state index in [1.54, 1.807) is 0 Å². The van der Waals surface area contributed by atoms with E-state index in [1.807, 2.05) is 13.0 Å². The van der Waals surface area contributed by atoms with Gasteiger partial charge in [-0.05, 0) is 85.6 Å². The molecule has 0 rings (SSSR count). The van der Waals surface area contributed by atoms with Crippen molar-refractivity contribution >= 4 is 12.1 Å². The number of ether oxygens (including phenoxy) is 2. The molecule has 0 saturated carbocycles. The van der Waals surface area contributed by atoms with Crippen LogP contribution >= 0.6 is 0 Å². The number of allylic oxidation sites excluding steroid dienone is 7. The highest BCUT2D eigenvalue weighted by atomic mass is 16.6. The Hall–Kier alpha value is -2.30. The molecule has 0 unspecified atom stereocenters. The van der Waals surface area contributed by atoms with Crippen molar-refractivity contribution in [3.05, 3.63) is 46.6 Å². The van der Waals surface area contributed by atoms with Crippen molar-refractivity contribution in [2.75, 3.05) is 19.8 Å². The number of hydrogen-bond donors (Lipinski definition) is 1. The summed E-state index contributed by atoms with van der Waals surface area (Å²) in [5.41, 5.74) is 5.44. The predicted octanol–water partition coefficient (Wildman–Crippen LogP) is 7.98. The average molecular weight is 476 g/mol. The minimum Gasteiger partial charge on any atom is -0.464 e. The number of nitrogens with one attached hydrogen (secondary N) is 1. The van der Waals surface area contributed by atoms with E-state index >= 15 is 0 Å². The van der Waals surface area contributed by atoms with Gasteiger partial charge >= 0.3 is 12.1 Å². The number of carbonyl (C=O) groups excluding carboxylic acids is 2. The molecule has 0 heterocycles. The molecule has 1 amide bonds. The summed E-state index contributed by atoms with van der Waals surface area (Å²) in [6.45, 7) is 13.3. The molecular formula is C29H49NO4. The third kappa shape index (κ3) is 21.5. The van der Waals surface area contributed by atoms with E-state index in [9.17, 15) is 9.59 Å². The molecule has 0 saturated heterocycles. The Kier molecular flexibility index (Phi) is 19.8. The fraction of sp³-hybridized carbons (Fsp3) is 0.655. The lowest BCUT2D eigenvalue weighted by Crippen LogP contribution is -2.31. The van der Waals surface area contributed by atoms with Crippen LogP contribution in [0, 0.1) is 0 Å². The molecule has 5 heteroatoms. The maximum Gasteiger partial charge on any atom is 0.407 e. The second-order valence-electron chi connectivity index (χ2n) is 9.28. The van der Waals surface area contributed by atoms with Gasteiger partial charge in [-0.2, -0.15) is 0 Å². The highest BCUT2D eigenvalue weighted by Gasteiger charge is 2.06. The lowest BCUT2D eigenvalue weighted by molar-refractivity contribution is -0.142. The molecule has 0 spiro atoms. The van der Waals surface area contributed by atoms with E-state index in [4.69, 9.17) is 9.47 Å². The van der Waals surface area contributed by atoms with Gasteiger partial charge in [0.25, 0.3) is 0 Å². The van der Waals surface area contributed by atoms with Crippen LogP contribution < -0.4 is 5.32 Å². The van der Waals surface area contributed by atoms with Crippen molar-refractivity contribution in [2.45, 2.75) is 106 Å². The minimum absolute atomic E-state index is 0.163. The zero-order valence-corrected chi connectivity index (χ0v) is 22.6. The van der Waals surface area contributed by atoms with Gasteiger partial charge < -0.3 is 14.8 Å². The Balaban J connectivity index is 3.96. The van der Waals surface area contributed by atoms with E-state index in [1.165, 1.54) is 22.3 Å². The van der Waals surface area contributed by atoms with Crippen molar-refractivity contribution in [3.63, 3.8) is 0 Å². The van der Waals surface area contributed by atoms with Gasteiger partial charge in [-0.15, -0.1) is 0 Å². The first-order valence-electron chi connectivity index (χ1n) is 12.9. The first kappa shape index (κ1) is 31.7. The lowest BCUT2D eigenvalue weighted by atomic mass is 10.0. The van der Waals surface area contributed by atoms with Gasteiger partial charge in [-0.1, -0.05) is 66.7 Å². The normalized spacial score (nSPS) is 12.4. The van der Waals surface area contributed by atoms with Crippen LogP contribution in [-0.4, -0.2) is 31.8 Å². The van der Waals surface area contributed by atoms with Gasteiger partial charge in [-0.25, -0.2) is 4.79 Å². The molecule has 0 atom stereocenters. The highest BCUT2D eigenvalue weighted by molar-refractivity contribution is 5.77. The molecule has 0 aliphatic carbocycles. The van der Waals surface area contributed by atoms with E-state index in [0.29, 0.717) is 6.61 Å². The topological polar surface area (TPSA) is 64.6 Å². The van der Waals surface area contributed by atoms with E-state index in [2.05, 4.69) is 58.2 Å². The number of esters is 1. The zero-order valence-electron chi connectivity index (χ0n) is 22.6. The molecule has 5 nitrogen and oxygen atoms in total. The summed E-state index contributed by atoms with van der Waals surface area (Å²) in [6.07, 6.45) is 18.8. The fourth-order valence-corrected chi connectivity index (χ4v) is 3.21. The van der Waals surface area contributed by atoms with E-state index < -0.39 is 12.1 Å². The molecule has 194 valence electrons. The quantitative estimate of drug-likeness (QED) is 0.124. The van der Waals surface area contributed by atoms with Crippen LogP contribution in [0.4, 0.5) is 4.79 Å². The number of alkyl carbamates (subject to hydrolysis) is 1. The van der Waals surface area contributed by atoms with Crippen molar-refractivity contribution < 1.29 is 19.1 Å². The Labute approximate surface area is 208 Å². The van der Waals surface area contributed by atoms with Crippen molar-refractivity contribution in [1.82, 2.24) is 5.32 Å². The molecule has 0 bridgehead atoms. The van der Waals surface area contributed by atoms with Gasteiger partial charge in [0.15, 0.2) is 0 Å². The van der Waals surface area contributed by atoms with Crippen molar-refractivity contribution in [3.8, 4) is 0 Å². The Bertz CT molecular complexity index is 697. The molecule has 0 aromatic rings. The van der Waals surface area contributed by atoms with Gasteiger partial charge in [0.1, 0.15) is 13.2 Å². The van der Waals surface area contributed by atoms with Gasteiger partial charge in [0.05, 0.1) is 6.61 Å². The maximum absolute atomic E-state index is 11.7. The monoisotopic (exact) mass is 475 g/mol. The summed E-state index contributed by atoms with van der Waals surface area (Å²) >= 11 is 0. The predicted molar refractivity (Wildman–Crippen MR) is 143 cm³/mol. The molecule has 0 aliphatic rings. The molecule has 0 radical (unpaired) electrons.